The van der Waals surface area contributed by atoms with Crippen molar-refractivity contribution < 1.29 is 46.5 Å². The first-order chi connectivity index (χ1) is 19.8. The summed E-state index contributed by atoms with van der Waals surface area (Å²) in [4.78, 5) is 26.9. The van der Waals surface area contributed by atoms with E-state index in [1.165, 1.54) is 37.4 Å². The first-order valence-corrected chi connectivity index (χ1v) is 14.0. The number of rotatable bonds is 9. The molecule has 1 fully saturated rings. The van der Waals surface area contributed by atoms with Gasteiger partial charge in [-0.05, 0) is 97.2 Å². The zero-order valence-corrected chi connectivity index (χ0v) is 24.4. The largest absolute Gasteiger partial charge is 0.471 e. The van der Waals surface area contributed by atoms with Gasteiger partial charge in [0.15, 0.2) is 18.4 Å². The lowest BCUT2D eigenvalue weighted by molar-refractivity contribution is -0.174. The molecule has 1 spiro atoms. The maximum Gasteiger partial charge on any atom is 0.471 e. The molecule has 2 aromatic carbocycles. The number of fused-ring (bicyclic) bond motifs is 2. The van der Waals surface area contributed by atoms with Gasteiger partial charge in [0.2, 0.25) is 0 Å². The number of nitrogens with zero attached hydrogens (tertiary/aromatic N) is 1. The number of methoxy groups -OCH3 is 2. The van der Waals surface area contributed by atoms with E-state index in [-0.39, 0.29) is 67.4 Å². The van der Waals surface area contributed by atoms with Crippen LogP contribution in [-0.4, -0.2) is 56.3 Å². The number of aliphatic hydroxyl groups excluding tert-OH is 1. The van der Waals surface area contributed by atoms with E-state index >= 15 is 0 Å². The van der Waals surface area contributed by atoms with Crippen LogP contribution in [0.5, 0.6) is 5.75 Å². The quantitative estimate of drug-likeness (QED) is 0.213. The van der Waals surface area contributed by atoms with Crippen LogP contribution in [0.2, 0.25) is 5.02 Å². The second-order valence-electron chi connectivity index (χ2n) is 11.2. The molecule has 2 aromatic rings. The Morgan fingerprint density at radius 3 is 2.40 bits per heavy atom. The van der Waals surface area contributed by atoms with Gasteiger partial charge in [0.05, 0.1) is 7.11 Å². The molecule has 4 rings (SSSR count). The lowest BCUT2D eigenvalue weighted by Gasteiger charge is -2.51. The third kappa shape index (κ3) is 5.83. The number of amides is 1. The summed E-state index contributed by atoms with van der Waals surface area (Å²) in [5, 5.41) is 9.90. The molecule has 0 bridgehead atoms. The van der Waals surface area contributed by atoms with Crippen molar-refractivity contribution in [3.05, 3.63) is 58.4 Å². The van der Waals surface area contributed by atoms with Crippen molar-refractivity contribution in [2.45, 2.75) is 62.6 Å². The van der Waals surface area contributed by atoms with Crippen LogP contribution >= 0.6 is 11.6 Å². The highest BCUT2D eigenvalue weighted by Crippen LogP contribution is 2.58. The molecule has 0 aliphatic heterocycles. The molecule has 42 heavy (non-hydrogen) atoms. The van der Waals surface area contributed by atoms with E-state index in [1.807, 2.05) is 6.92 Å². The smallest absolute Gasteiger partial charge is 0.467 e. The summed E-state index contributed by atoms with van der Waals surface area (Å²) in [6.07, 6.45) is -4.20. The van der Waals surface area contributed by atoms with Crippen LogP contribution in [-0.2, 0) is 30.9 Å². The normalized spacial score (nSPS) is 24.3. The van der Waals surface area contributed by atoms with Gasteiger partial charge in [0, 0.05) is 24.4 Å². The molecular formula is C30H34ClF4NO6. The maximum absolute atomic E-state index is 14.9. The molecular weight excluding hydrogens is 582 g/mol. The van der Waals surface area contributed by atoms with Crippen molar-refractivity contribution in [3.63, 3.8) is 0 Å². The fourth-order valence-corrected chi connectivity index (χ4v) is 6.99. The first kappa shape index (κ1) is 32.0. The van der Waals surface area contributed by atoms with E-state index in [2.05, 4.69) is 0 Å². The summed E-state index contributed by atoms with van der Waals surface area (Å²) in [5.74, 6) is -3.99. The molecule has 1 unspecified atom stereocenters. The van der Waals surface area contributed by atoms with Crippen LogP contribution in [0.4, 0.5) is 23.2 Å². The number of aliphatic hydroxyl groups is 1. The highest BCUT2D eigenvalue weighted by atomic mass is 35.5. The number of hydrogen-bond donors (Lipinski definition) is 1. The number of benzene rings is 2. The predicted octanol–water partition coefficient (Wildman–Crippen LogP) is 5.97. The fraction of sp³-hybridized carbons (Fsp3) is 0.533. The zero-order valence-electron chi connectivity index (χ0n) is 23.6. The Morgan fingerprint density at radius 2 is 1.83 bits per heavy atom. The van der Waals surface area contributed by atoms with E-state index in [1.54, 1.807) is 6.07 Å². The van der Waals surface area contributed by atoms with Gasteiger partial charge < -0.3 is 19.3 Å². The van der Waals surface area contributed by atoms with Gasteiger partial charge in [-0.15, -0.1) is 0 Å². The lowest BCUT2D eigenvalue weighted by atomic mass is 9.59. The molecule has 2 atom stereocenters. The van der Waals surface area contributed by atoms with Crippen molar-refractivity contribution in [3.8, 4) is 5.75 Å². The topological polar surface area (TPSA) is 85.3 Å². The van der Waals surface area contributed by atoms with Crippen molar-refractivity contribution >= 4 is 29.2 Å². The molecule has 0 heterocycles. The Morgan fingerprint density at radius 1 is 1.14 bits per heavy atom. The van der Waals surface area contributed by atoms with Gasteiger partial charge in [0.25, 0.3) is 0 Å². The molecule has 1 amide bonds. The lowest BCUT2D eigenvalue weighted by Crippen LogP contribution is -2.63. The van der Waals surface area contributed by atoms with Gasteiger partial charge in [-0.2, -0.15) is 13.2 Å². The van der Waals surface area contributed by atoms with Gasteiger partial charge in [-0.1, -0.05) is 24.6 Å². The number of alkyl halides is 3. The van der Waals surface area contributed by atoms with E-state index in [0.717, 1.165) is 18.2 Å². The molecule has 230 valence electrons. The SMILES string of the molecule is COCOc1cc2c(cc1F)CC(C[C@@H](C)CO)C21CCC(C(=O)OC)(N(C(=O)C(F)(F)F)c2cccc(Cl)c2)CC1. The fourth-order valence-electron chi connectivity index (χ4n) is 6.81. The van der Waals surface area contributed by atoms with Crippen LogP contribution in [0, 0.1) is 17.7 Å². The van der Waals surface area contributed by atoms with Gasteiger partial charge in [-0.25, -0.2) is 9.18 Å². The Bertz CT molecular complexity index is 1310. The Hall–Kier alpha value is -2.89. The van der Waals surface area contributed by atoms with Crippen molar-refractivity contribution in [2.75, 3.05) is 32.5 Å². The van der Waals surface area contributed by atoms with Crippen molar-refractivity contribution in [1.82, 2.24) is 0 Å². The average molecular weight is 616 g/mol. The third-order valence-electron chi connectivity index (χ3n) is 8.75. The molecule has 12 heteroatoms. The Kier molecular flexibility index (Phi) is 9.44. The number of carbonyl (C=O) groups is 2. The van der Waals surface area contributed by atoms with Gasteiger partial charge >= 0.3 is 18.1 Å². The number of ether oxygens (including phenoxy) is 3. The minimum atomic E-state index is -5.29. The Labute approximate surface area is 246 Å². The average Bonchev–Trinajstić information content (AvgIpc) is 3.22. The minimum absolute atomic E-state index is 0.0246. The second kappa shape index (κ2) is 12.4. The summed E-state index contributed by atoms with van der Waals surface area (Å²) < 4.78 is 72.5. The van der Waals surface area contributed by atoms with Crippen LogP contribution in [0.25, 0.3) is 0 Å². The summed E-state index contributed by atoms with van der Waals surface area (Å²) in [6.45, 7) is 1.62. The summed E-state index contributed by atoms with van der Waals surface area (Å²) in [7, 11) is 2.47. The zero-order chi connectivity index (χ0) is 30.9. The van der Waals surface area contributed by atoms with Crippen LogP contribution in [0.1, 0.15) is 50.2 Å². The van der Waals surface area contributed by atoms with E-state index in [4.69, 9.17) is 25.8 Å². The van der Waals surface area contributed by atoms with E-state index in [9.17, 15) is 32.3 Å². The van der Waals surface area contributed by atoms with E-state index in [0.29, 0.717) is 17.7 Å². The van der Waals surface area contributed by atoms with E-state index < -0.39 is 34.8 Å². The Balaban J connectivity index is 1.83. The van der Waals surface area contributed by atoms with Gasteiger partial charge in [0.1, 0.15) is 5.54 Å². The van der Waals surface area contributed by atoms with Crippen LogP contribution < -0.4 is 9.64 Å². The highest BCUT2D eigenvalue weighted by Gasteiger charge is 2.60. The van der Waals surface area contributed by atoms with Crippen molar-refractivity contribution in [2.24, 2.45) is 11.8 Å². The molecule has 2 aliphatic rings. The third-order valence-corrected chi connectivity index (χ3v) is 8.98. The summed E-state index contributed by atoms with van der Waals surface area (Å²) in [6, 6.07) is 8.36. The number of halogens is 5. The molecule has 0 saturated heterocycles. The number of esters is 1. The molecule has 7 nitrogen and oxygen atoms in total. The summed E-state index contributed by atoms with van der Waals surface area (Å²) >= 11 is 6.10. The van der Waals surface area contributed by atoms with Crippen LogP contribution in [0.15, 0.2) is 36.4 Å². The monoisotopic (exact) mass is 615 g/mol. The van der Waals surface area contributed by atoms with Crippen LogP contribution in [0.3, 0.4) is 0 Å². The predicted molar refractivity (Wildman–Crippen MR) is 147 cm³/mol. The number of hydrogen-bond acceptors (Lipinski definition) is 6. The number of anilines is 1. The molecule has 1 saturated carbocycles. The standard InChI is InChI=1S/C30H34ClF4NO6/c1-18(16-37)11-20-12-19-13-24(32)25(42-17-40-2)15-23(19)28(20)7-9-29(10-8-28,27(39)41-3)36(26(38)30(33,34)35)22-6-4-5-21(31)14-22/h4-6,13-15,18,20,37H,7-12,16-17H2,1-3H3/t18-,20?,28?,29?/m1/s1. The summed E-state index contributed by atoms with van der Waals surface area (Å²) in [5.41, 5.74) is -1.34. The minimum Gasteiger partial charge on any atom is -0.467 e. The van der Waals surface area contributed by atoms with Crippen molar-refractivity contribution in [1.29, 1.82) is 0 Å². The highest BCUT2D eigenvalue weighted by molar-refractivity contribution is 6.31. The number of carbonyl (C=O) groups excluding carboxylic acids is 2. The first-order valence-electron chi connectivity index (χ1n) is 13.6. The molecule has 0 radical (unpaired) electrons. The van der Waals surface area contributed by atoms with Gasteiger partial charge in [-0.3, -0.25) is 9.69 Å². The molecule has 0 aromatic heterocycles. The second-order valence-corrected chi connectivity index (χ2v) is 11.6. The molecule has 1 N–H and O–H groups in total. The molecule has 2 aliphatic carbocycles. The maximum atomic E-state index is 14.9.